The first kappa shape index (κ1) is 14.1. The SMILES string of the molecule is CCC(C)c1ccc(C(=O)N2CCCNCC2)cc1. The normalized spacial score (nSPS) is 17.9. The zero-order chi connectivity index (χ0) is 13.7. The van der Waals surface area contributed by atoms with Gasteiger partial charge in [0.2, 0.25) is 0 Å². The molecule has 2 rings (SSSR count). The van der Waals surface area contributed by atoms with Crippen LogP contribution in [0.4, 0.5) is 0 Å². The Kier molecular flexibility index (Phi) is 4.97. The minimum Gasteiger partial charge on any atom is -0.337 e. The van der Waals surface area contributed by atoms with E-state index in [1.54, 1.807) is 0 Å². The first-order chi connectivity index (χ1) is 9.22. The maximum Gasteiger partial charge on any atom is 0.253 e. The predicted octanol–water partition coefficient (Wildman–Crippen LogP) is 2.64. The van der Waals surface area contributed by atoms with Crippen LogP contribution in [-0.2, 0) is 0 Å². The number of hydrogen-bond donors (Lipinski definition) is 1. The molecule has 1 fully saturated rings. The van der Waals surface area contributed by atoms with Gasteiger partial charge in [-0.1, -0.05) is 26.0 Å². The molecule has 0 radical (unpaired) electrons. The zero-order valence-electron chi connectivity index (χ0n) is 12.0. The van der Waals surface area contributed by atoms with Crippen LogP contribution in [0.2, 0.25) is 0 Å². The fourth-order valence-electron chi connectivity index (χ4n) is 2.42. The van der Waals surface area contributed by atoms with Crippen LogP contribution in [0, 0.1) is 0 Å². The van der Waals surface area contributed by atoms with Crippen molar-refractivity contribution in [3.05, 3.63) is 35.4 Å². The average molecular weight is 260 g/mol. The van der Waals surface area contributed by atoms with Crippen LogP contribution in [0.5, 0.6) is 0 Å². The monoisotopic (exact) mass is 260 g/mol. The van der Waals surface area contributed by atoms with Gasteiger partial charge in [0, 0.05) is 25.2 Å². The summed E-state index contributed by atoms with van der Waals surface area (Å²) < 4.78 is 0. The summed E-state index contributed by atoms with van der Waals surface area (Å²) >= 11 is 0. The van der Waals surface area contributed by atoms with E-state index >= 15 is 0 Å². The van der Waals surface area contributed by atoms with Crippen LogP contribution >= 0.6 is 0 Å². The molecule has 19 heavy (non-hydrogen) atoms. The van der Waals surface area contributed by atoms with Gasteiger partial charge in [0.05, 0.1) is 0 Å². The number of carbonyl (C=O) groups excluding carboxylic acids is 1. The Hall–Kier alpha value is -1.35. The molecule has 0 aromatic heterocycles. The fraction of sp³-hybridized carbons (Fsp3) is 0.562. The standard InChI is InChI=1S/C16H24N2O/c1-3-13(2)14-5-7-15(8-6-14)16(19)18-11-4-9-17-10-12-18/h5-8,13,17H,3-4,9-12H2,1-2H3. The van der Waals surface area contributed by atoms with Gasteiger partial charge in [-0.2, -0.15) is 0 Å². The van der Waals surface area contributed by atoms with E-state index in [9.17, 15) is 4.79 Å². The number of rotatable bonds is 3. The van der Waals surface area contributed by atoms with E-state index in [2.05, 4.69) is 31.3 Å². The summed E-state index contributed by atoms with van der Waals surface area (Å²) in [5.74, 6) is 0.728. The number of benzene rings is 1. The Labute approximate surface area is 116 Å². The Morgan fingerprint density at radius 2 is 2.00 bits per heavy atom. The van der Waals surface area contributed by atoms with E-state index < -0.39 is 0 Å². The largest absolute Gasteiger partial charge is 0.337 e. The minimum absolute atomic E-state index is 0.166. The highest BCUT2D eigenvalue weighted by atomic mass is 16.2. The molecule has 0 bridgehead atoms. The summed E-state index contributed by atoms with van der Waals surface area (Å²) in [6.45, 7) is 7.99. The van der Waals surface area contributed by atoms with Crippen LogP contribution in [0.25, 0.3) is 0 Å². The molecule has 1 saturated heterocycles. The molecule has 1 aliphatic rings. The van der Waals surface area contributed by atoms with E-state index in [4.69, 9.17) is 0 Å². The van der Waals surface area contributed by atoms with Crippen LogP contribution in [0.3, 0.4) is 0 Å². The van der Waals surface area contributed by atoms with Gasteiger partial charge in [-0.05, 0) is 43.0 Å². The van der Waals surface area contributed by atoms with Gasteiger partial charge in [0.15, 0.2) is 0 Å². The molecule has 1 aromatic carbocycles. The fourth-order valence-corrected chi connectivity index (χ4v) is 2.42. The Morgan fingerprint density at radius 3 is 2.68 bits per heavy atom. The first-order valence-electron chi connectivity index (χ1n) is 7.32. The molecule has 1 aromatic rings. The maximum absolute atomic E-state index is 12.4. The lowest BCUT2D eigenvalue weighted by Gasteiger charge is -2.20. The smallest absolute Gasteiger partial charge is 0.253 e. The van der Waals surface area contributed by atoms with Crippen molar-refractivity contribution in [3.63, 3.8) is 0 Å². The highest BCUT2D eigenvalue weighted by Crippen LogP contribution is 2.19. The van der Waals surface area contributed by atoms with Crippen molar-refractivity contribution in [2.45, 2.75) is 32.6 Å². The number of carbonyl (C=O) groups is 1. The quantitative estimate of drug-likeness (QED) is 0.906. The van der Waals surface area contributed by atoms with E-state index in [1.807, 2.05) is 17.0 Å². The molecule has 104 valence electrons. The number of hydrogen-bond acceptors (Lipinski definition) is 2. The highest BCUT2D eigenvalue weighted by molar-refractivity contribution is 5.94. The average Bonchev–Trinajstić information content (AvgIpc) is 2.75. The maximum atomic E-state index is 12.4. The van der Waals surface area contributed by atoms with Crippen molar-refractivity contribution in [1.29, 1.82) is 0 Å². The van der Waals surface area contributed by atoms with Gasteiger partial charge in [-0.25, -0.2) is 0 Å². The summed E-state index contributed by atoms with van der Waals surface area (Å²) in [6.07, 6.45) is 2.17. The van der Waals surface area contributed by atoms with Crippen molar-refractivity contribution >= 4 is 5.91 Å². The summed E-state index contributed by atoms with van der Waals surface area (Å²) in [5.41, 5.74) is 2.13. The van der Waals surface area contributed by atoms with Crippen LogP contribution < -0.4 is 5.32 Å². The lowest BCUT2D eigenvalue weighted by Crippen LogP contribution is -2.34. The molecule has 1 N–H and O–H groups in total. The lowest BCUT2D eigenvalue weighted by molar-refractivity contribution is 0.0766. The molecule has 1 heterocycles. The van der Waals surface area contributed by atoms with Crippen molar-refractivity contribution < 1.29 is 4.79 Å². The number of nitrogens with zero attached hydrogens (tertiary/aromatic N) is 1. The third-order valence-corrected chi connectivity index (χ3v) is 3.97. The molecule has 0 spiro atoms. The minimum atomic E-state index is 0.166. The van der Waals surface area contributed by atoms with E-state index in [-0.39, 0.29) is 5.91 Å². The van der Waals surface area contributed by atoms with Gasteiger partial charge in [-0.3, -0.25) is 4.79 Å². The second kappa shape index (κ2) is 6.71. The molecule has 0 aliphatic carbocycles. The highest BCUT2D eigenvalue weighted by Gasteiger charge is 2.17. The summed E-state index contributed by atoms with van der Waals surface area (Å²) in [6, 6.07) is 8.14. The molecule has 3 nitrogen and oxygen atoms in total. The van der Waals surface area contributed by atoms with E-state index in [1.165, 1.54) is 5.56 Å². The third kappa shape index (κ3) is 3.57. The second-order valence-electron chi connectivity index (χ2n) is 5.33. The second-order valence-corrected chi connectivity index (χ2v) is 5.33. The molecule has 3 heteroatoms. The molecule has 0 saturated carbocycles. The van der Waals surface area contributed by atoms with Crippen LogP contribution in [0.15, 0.2) is 24.3 Å². The number of nitrogens with one attached hydrogen (secondary N) is 1. The third-order valence-electron chi connectivity index (χ3n) is 3.97. The van der Waals surface area contributed by atoms with Gasteiger partial charge in [0.25, 0.3) is 5.91 Å². The van der Waals surface area contributed by atoms with Gasteiger partial charge < -0.3 is 10.2 Å². The Bertz CT molecular complexity index is 405. The van der Waals surface area contributed by atoms with Crippen LogP contribution in [0.1, 0.15) is 48.5 Å². The van der Waals surface area contributed by atoms with Crippen molar-refractivity contribution in [1.82, 2.24) is 10.2 Å². The van der Waals surface area contributed by atoms with Gasteiger partial charge in [0.1, 0.15) is 0 Å². The Balaban J connectivity index is 2.06. The van der Waals surface area contributed by atoms with Crippen LogP contribution in [-0.4, -0.2) is 37.0 Å². The molecule has 1 atom stereocenters. The van der Waals surface area contributed by atoms with Crippen molar-refractivity contribution in [3.8, 4) is 0 Å². The lowest BCUT2D eigenvalue weighted by atomic mass is 9.97. The number of amides is 1. The molecule has 1 amide bonds. The molecule has 1 unspecified atom stereocenters. The van der Waals surface area contributed by atoms with E-state index in [0.29, 0.717) is 5.92 Å². The summed E-state index contributed by atoms with van der Waals surface area (Å²) in [4.78, 5) is 14.4. The predicted molar refractivity (Wildman–Crippen MR) is 78.5 cm³/mol. The summed E-state index contributed by atoms with van der Waals surface area (Å²) in [5, 5.41) is 3.32. The molecular formula is C16H24N2O. The molecule has 1 aliphatic heterocycles. The van der Waals surface area contributed by atoms with E-state index in [0.717, 1.165) is 44.6 Å². The first-order valence-corrected chi connectivity index (χ1v) is 7.32. The van der Waals surface area contributed by atoms with Crippen molar-refractivity contribution in [2.75, 3.05) is 26.2 Å². The van der Waals surface area contributed by atoms with Gasteiger partial charge in [-0.15, -0.1) is 0 Å². The topological polar surface area (TPSA) is 32.3 Å². The zero-order valence-corrected chi connectivity index (χ0v) is 12.0. The Morgan fingerprint density at radius 1 is 1.26 bits per heavy atom. The van der Waals surface area contributed by atoms with Gasteiger partial charge >= 0.3 is 0 Å². The van der Waals surface area contributed by atoms with Crippen molar-refractivity contribution in [2.24, 2.45) is 0 Å². The summed E-state index contributed by atoms with van der Waals surface area (Å²) in [7, 11) is 0. The molecular weight excluding hydrogens is 236 g/mol.